The van der Waals surface area contributed by atoms with Gasteiger partial charge in [0.05, 0.1) is 6.61 Å². The van der Waals surface area contributed by atoms with Crippen LogP contribution in [0.1, 0.15) is 48.8 Å². The summed E-state index contributed by atoms with van der Waals surface area (Å²) in [5.74, 6) is -3.31. The standard InChI is InChI=1S/C29H33N3O6/c30-28(37)24(15-17-27(35)36)32-29(38)25(18-33)31-26(34)16-8-19-6-9-21(10-7-19)23-13-11-22(12-14-23)20-4-2-1-3-5-20/h1-7,9-11,13,24-25,33H,8,12,14-18H2,(H2,30,37)(H,31,34)(H,32,38)(H,35,36)/t24-,25-/m0/s1. The average Bonchev–Trinajstić information content (AvgIpc) is 2.93. The number of aliphatic hydroxyl groups is 1. The Morgan fingerprint density at radius 3 is 1.95 bits per heavy atom. The van der Waals surface area contributed by atoms with Crippen LogP contribution < -0.4 is 16.4 Å². The quantitative estimate of drug-likeness (QED) is 0.273. The molecule has 0 aromatic heterocycles. The minimum absolute atomic E-state index is 0.0905. The third-order valence-electron chi connectivity index (χ3n) is 6.40. The van der Waals surface area contributed by atoms with Gasteiger partial charge in [-0.3, -0.25) is 19.2 Å². The minimum Gasteiger partial charge on any atom is -0.481 e. The number of carbonyl (C=O) groups excluding carboxylic acids is 3. The van der Waals surface area contributed by atoms with Gasteiger partial charge in [-0.1, -0.05) is 66.7 Å². The van der Waals surface area contributed by atoms with Gasteiger partial charge in [0, 0.05) is 12.8 Å². The molecular formula is C29H33N3O6. The predicted molar refractivity (Wildman–Crippen MR) is 143 cm³/mol. The molecule has 1 aliphatic carbocycles. The summed E-state index contributed by atoms with van der Waals surface area (Å²) in [5.41, 5.74) is 11.1. The lowest BCUT2D eigenvalue weighted by Gasteiger charge is -2.20. The molecule has 0 fully saturated rings. The van der Waals surface area contributed by atoms with Gasteiger partial charge in [0.2, 0.25) is 17.7 Å². The fourth-order valence-electron chi connectivity index (χ4n) is 4.20. The largest absolute Gasteiger partial charge is 0.481 e. The van der Waals surface area contributed by atoms with Crippen LogP contribution >= 0.6 is 0 Å². The second-order valence-electron chi connectivity index (χ2n) is 9.15. The van der Waals surface area contributed by atoms with E-state index in [4.69, 9.17) is 10.8 Å². The SMILES string of the molecule is NC(=O)[C@H](CCC(=O)O)NC(=O)[C@H](CO)NC(=O)CCc1ccc(C2=CC=C(c3ccccc3)CC2)cc1. The lowest BCUT2D eigenvalue weighted by Crippen LogP contribution is -2.54. The number of aliphatic hydroxyl groups excluding tert-OH is 1. The van der Waals surface area contributed by atoms with Gasteiger partial charge in [0.15, 0.2) is 0 Å². The van der Waals surface area contributed by atoms with E-state index in [-0.39, 0.29) is 19.3 Å². The number of hydrogen-bond acceptors (Lipinski definition) is 5. The zero-order valence-corrected chi connectivity index (χ0v) is 21.1. The average molecular weight is 520 g/mol. The molecule has 2 atom stereocenters. The number of benzene rings is 2. The molecule has 0 spiro atoms. The number of hydrogen-bond donors (Lipinski definition) is 5. The van der Waals surface area contributed by atoms with Crippen molar-refractivity contribution in [2.24, 2.45) is 5.73 Å². The summed E-state index contributed by atoms with van der Waals surface area (Å²) >= 11 is 0. The van der Waals surface area contributed by atoms with Gasteiger partial charge >= 0.3 is 5.97 Å². The van der Waals surface area contributed by atoms with Crippen molar-refractivity contribution >= 4 is 34.8 Å². The van der Waals surface area contributed by atoms with Gasteiger partial charge in [0.25, 0.3) is 0 Å². The molecule has 6 N–H and O–H groups in total. The maximum absolute atomic E-state index is 12.4. The number of carbonyl (C=O) groups is 4. The molecule has 1 aliphatic rings. The van der Waals surface area contributed by atoms with E-state index in [1.807, 2.05) is 42.5 Å². The van der Waals surface area contributed by atoms with Crippen LogP contribution in [0, 0.1) is 0 Å². The summed E-state index contributed by atoms with van der Waals surface area (Å²) in [4.78, 5) is 47.0. The number of primary amides is 1. The molecule has 0 bridgehead atoms. The molecule has 2 aromatic carbocycles. The minimum atomic E-state index is -1.29. The van der Waals surface area contributed by atoms with Gasteiger partial charge in [-0.15, -0.1) is 0 Å². The Hall–Kier alpha value is -4.24. The molecule has 38 heavy (non-hydrogen) atoms. The highest BCUT2D eigenvalue weighted by Crippen LogP contribution is 2.31. The van der Waals surface area contributed by atoms with Gasteiger partial charge in [-0.25, -0.2) is 0 Å². The summed E-state index contributed by atoms with van der Waals surface area (Å²) in [6.07, 6.45) is 6.19. The van der Waals surface area contributed by atoms with Crippen molar-refractivity contribution in [2.75, 3.05) is 6.61 Å². The Labute approximate surface area is 221 Å². The lowest BCUT2D eigenvalue weighted by atomic mass is 9.89. The highest BCUT2D eigenvalue weighted by Gasteiger charge is 2.25. The van der Waals surface area contributed by atoms with Gasteiger partial charge in [-0.2, -0.15) is 0 Å². The molecule has 0 unspecified atom stereocenters. The van der Waals surface area contributed by atoms with Crippen LogP contribution in [-0.4, -0.2) is 52.6 Å². The topological polar surface area (TPSA) is 159 Å². The third kappa shape index (κ3) is 8.41. The number of nitrogens with one attached hydrogen (secondary N) is 2. The fraction of sp³-hybridized carbons (Fsp3) is 0.310. The van der Waals surface area contributed by atoms with E-state index in [2.05, 4.69) is 34.9 Å². The van der Waals surface area contributed by atoms with Gasteiger partial charge in [0.1, 0.15) is 12.1 Å². The third-order valence-corrected chi connectivity index (χ3v) is 6.40. The highest BCUT2D eigenvalue weighted by atomic mass is 16.4. The Balaban J connectivity index is 1.50. The summed E-state index contributed by atoms with van der Waals surface area (Å²) in [5, 5.41) is 23.0. The first kappa shape index (κ1) is 28.3. The number of aryl methyl sites for hydroxylation is 1. The zero-order chi connectivity index (χ0) is 27.5. The second-order valence-corrected chi connectivity index (χ2v) is 9.15. The molecule has 2 aromatic rings. The molecule has 0 aliphatic heterocycles. The maximum Gasteiger partial charge on any atom is 0.303 e. The van der Waals surface area contributed by atoms with Crippen molar-refractivity contribution < 1.29 is 29.4 Å². The maximum atomic E-state index is 12.4. The molecule has 9 heteroatoms. The monoisotopic (exact) mass is 519 g/mol. The van der Waals surface area contributed by atoms with Crippen LogP contribution in [-0.2, 0) is 25.6 Å². The number of carboxylic acid groups (broad SMARTS) is 1. The van der Waals surface area contributed by atoms with Gasteiger partial charge in [-0.05, 0) is 53.5 Å². The van der Waals surface area contributed by atoms with E-state index in [1.54, 1.807) is 0 Å². The van der Waals surface area contributed by atoms with E-state index < -0.39 is 42.4 Å². The van der Waals surface area contributed by atoms with Crippen molar-refractivity contribution in [1.29, 1.82) is 0 Å². The van der Waals surface area contributed by atoms with Crippen molar-refractivity contribution in [3.63, 3.8) is 0 Å². The number of carboxylic acids is 1. The fourth-order valence-corrected chi connectivity index (χ4v) is 4.20. The van der Waals surface area contributed by atoms with Crippen molar-refractivity contribution in [3.8, 4) is 0 Å². The lowest BCUT2D eigenvalue weighted by molar-refractivity contribution is -0.138. The molecular weight excluding hydrogens is 486 g/mol. The first-order valence-corrected chi connectivity index (χ1v) is 12.5. The van der Waals surface area contributed by atoms with Crippen molar-refractivity contribution in [2.45, 2.75) is 50.6 Å². The van der Waals surface area contributed by atoms with Crippen LogP contribution in [0.15, 0.2) is 66.7 Å². The van der Waals surface area contributed by atoms with E-state index in [0.717, 1.165) is 24.0 Å². The van der Waals surface area contributed by atoms with E-state index >= 15 is 0 Å². The van der Waals surface area contributed by atoms with E-state index in [0.29, 0.717) is 6.42 Å². The molecule has 0 heterocycles. The number of nitrogens with two attached hydrogens (primary N) is 1. The molecule has 3 amide bonds. The molecule has 200 valence electrons. The molecule has 3 rings (SSSR count). The summed E-state index contributed by atoms with van der Waals surface area (Å²) in [6.45, 7) is -0.688. The molecule has 0 radical (unpaired) electrons. The van der Waals surface area contributed by atoms with Crippen LogP contribution in [0.25, 0.3) is 11.1 Å². The van der Waals surface area contributed by atoms with Gasteiger partial charge < -0.3 is 26.6 Å². The van der Waals surface area contributed by atoms with E-state index in [9.17, 15) is 24.3 Å². The molecule has 0 saturated heterocycles. The van der Waals surface area contributed by atoms with E-state index in [1.165, 1.54) is 16.7 Å². The Kier molecular flexibility index (Phi) is 10.4. The highest BCUT2D eigenvalue weighted by molar-refractivity contribution is 5.92. The Morgan fingerprint density at radius 1 is 0.816 bits per heavy atom. The summed E-state index contributed by atoms with van der Waals surface area (Å²) in [7, 11) is 0. The zero-order valence-electron chi connectivity index (χ0n) is 21.1. The summed E-state index contributed by atoms with van der Waals surface area (Å²) in [6, 6.07) is 15.8. The number of aliphatic carboxylic acids is 1. The van der Waals surface area contributed by atoms with Crippen molar-refractivity contribution in [1.82, 2.24) is 10.6 Å². The predicted octanol–water partition coefficient (Wildman–Crippen LogP) is 2.19. The van der Waals surface area contributed by atoms with Crippen molar-refractivity contribution in [3.05, 3.63) is 83.4 Å². The van der Waals surface area contributed by atoms with Crippen LogP contribution in [0.4, 0.5) is 0 Å². The Morgan fingerprint density at radius 2 is 1.42 bits per heavy atom. The normalized spacial score (nSPS) is 14.4. The smallest absolute Gasteiger partial charge is 0.303 e. The first-order chi connectivity index (χ1) is 18.3. The first-order valence-electron chi connectivity index (χ1n) is 12.5. The van der Waals surface area contributed by atoms with Crippen LogP contribution in [0.5, 0.6) is 0 Å². The molecule has 0 saturated carbocycles. The second kappa shape index (κ2) is 13.9. The number of amides is 3. The van der Waals surface area contributed by atoms with Crippen LogP contribution in [0.3, 0.4) is 0 Å². The number of rotatable bonds is 13. The molecule has 9 nitrogen and oxygen atoms in total. The van der Waals surface area contributed by atoms with Crippen LogP contribution in [0.2, 0.25) is 0 Å². The summed E-state index contributed by atoms with van der Waals surface area (Å²) < 4.78 is 0. The Bertz CT molecular complexity index is 1200. The number of allylic oxidation sites excluding steroid dienone is 4.